The molecule has 70 valence electrons. The number of H-pyrrole nitrogens is 1. The van der Waals surface area contributed by atoms with Crippen LogP contribution in [0.25, 0.3) is 11.0 Å². The number of anilines is 1. The monoisotopic (exact) mass is 198 g/mol. The molecule has 0 radical (unpaired) electrons. The highest BCUT2D eigenvalue weighted by Crippen LogP contribution is 2.17. The molecule has 2 rings (SSSR count). The molecular weight excluding hydrogens is 188 g/mol. The van der Waals surface area contributed by atoms with Gasteiger partial charge in [0.1, 0.15) is 11.5 Å². The fourth-order valence-electron chi connectivity index (χ4n) is 0.937. The number of fused-ring (bicyclic) bond motifs is 1. The van der Waals surface area contributed by atoms with Crippen LogP contribution < -0.4 is 5.73 Å². The molecule has 0 aliphatic heterocycles. The van der Waals surface area contributed by atoms with Gasteiger partial charge in [0.2, 0.25) is 5.28 Å². The van der Waals surface area contributed by atoms with Crippen LogP contribution >= 0.6 is 11.6 Å². The van der Waals surface area contributed by atoms with E-state index in [2.05, 4.69) is 15.0 Å². The lowest BCUT2D eigenvalue weighted by Crippen LogP contribution is -1.93. The summed E-state index contributed by atoms with van der Waals surface area (Å²) in [6.07, 6.45) is 1.74. The first-order valence-corrected chi connectivity index (χ1v) is 4.41. The highest BCUT2D eigenvalue weighted by Gasteiger charge is 2.02. The SMILES string of the molecule is CC.Nc1nc(Cl)nc2[nH]ccc12. The molecule has 0 saturated carbocycles. The maximum atomic E-state index is 5.56. The first-order valence-electron chi connectivity index (χ1n) is 4.03. The Morgan fingerprint density at radius 2 is 2.08 bits per heavy atom. The lowest BCUT2D eigenvalue weighted by atomic mass is 10.4. The molecule has 0 saturated heterocycles. The summed E-state index contributed by atoms with van der Waals surface area (Å²) in [5, 5.41) is 0.965. The summed E-state index contributed by atoms with van der Waals surface area (Å²) in [4.78, 5) is 10.6. The quantitative estimate of drug-likeness (QED) is 0.638. The van der Waals surface area contributed by atoms with Crippen molar-refractivity contribution in [2.24, 2.45) is 0 Å². The zero-order valence-corrected chi connectivity index (χ0v) is 8.26. The van der Waals surface area contributed by atoms with Gasteiger partial charge in [0.25, 0.3) is 0 Å². The van der Waals surface area contributed by atoms with Gasteiger partial charge in [-0.25, -0.2) is 4.98 Å². The number of aromatic nitrogens is 3. The van der Waals surface area contributed by atoms with Crippen LogP contribution in [0.15, 0.2) is 12.3 Å². The minimum absolute atomic E-state index is 0.164. The lowest BCUT2D eigenvalue weighted by Gasteiger charge is -1.93. The highest BCUT2D eigenvalue weighted by molar-refractivity contribution is 6.28. The minimum Gasteiger partial charge on any atom is -0.383 e. The average Bonchev–Trinajstić information content (AvgIpc) is 2.55. The normalized spacial score (nSPS) is 9.46. The van der Waals surface area contributed by atoms with Crippen LogP contribution in [0.2, 0.25) is 5.28 Å². The number of aromatic amines is 1. The second kappa shape index (κ2) is 4.09. The zero-order valence-electron chi connectivity index (χ0n) is 7.50. The van der Waals surface area contributed by atoms with E-state index in [1.54, 1.807) is 12.3 Å². The van der Waals surface area contributed by atoms with E-state index in [9.17, 15) is 0 Å². The molecule has 4 nitrogen and oxygen atoms in total. The van der Waals surface area contributed by atoms with Gasteiger partial charge < -0.3 is 10.7 Å². The molecule has 0 aliphatic rings. The minimum atomic E-state index is 0.164. The Hall–Kier alpha value is -1.29. The summed E-state index contributed by atoms with van der Waals surface area (Å²) in [7, 11) is 0. The summed E-state index contributed by atoms with van der Waals surface area (Å²) in [6.45, 7) is 4.00. The Balaban J connectivity index is 0.000000396. The van der Waals surface area contributed by atoms with E-state index in [-0.39, 0.29) is 5.28 Å². The van der Waals surface area contributed by atoms with Crippen molar-refractivity contribution in [1.82, 2.24) is 15.0 Å². The van der Waals surface area contributed by atoms with Gasteiger partial charge in [-0.1, -0.05) is 13.8 Å². The highest BCUT2D eigenvalue weighted by atomic mass is 35.5. The maximum absolute atomic E-state index is 5.56. The summed E-state index contributed by atoms with van der Waals surface area (Å²) >= 11 is 5.56. The fourth-order valence-corrected chi connectivity index (χ4v) is 1.11. The van der Waals surface area contributed by atoms with Crippen molar-refractivity contribution in [3.05, 3.63) is 17.5 Å². The van der Waals surface area contributed by atoms with E-state index in [1.165, 1.54) is 0 Å². The van der Waals surface area contributed by atoms with E-state index >= 15 is 0 Å². The molecule has 5 heteroatoms. The van der Waals surface area contributed by atoms with E-state index in [0.717, 1.165) is 5.39 Å². The molecule has 2 heterocycles. The van der Waals surface area contributed by atoms with Gasteiger partial charge in [0, 0.05) is 6.20 Å². The number of halogens is 1. The molecule has 0 unspecified atom stereocenters. The largest absolute Gasteiger partial charge is 0.383 e. The Kier molecular flexibility index (Phi) is 3.08. The van der Waals surface area contributed by atoms with E-state index in [1.807, 2.05) is 13.8 Å². The molecule has 2 aromatic heterocycles. The molecule has 0 bridgehead atoms. The number of hydrogen-bond donors (Lipinski definition) is 2. The summed E-state index contributed by atoms with van der Waals surface area (Å²) in [6, 6.07) is 1.81. The van der Waals surface area contributed by atoms with Crippen molar-refractivity contribution < 1.29 is 0 Å². The first kappa shape index (κ1) is 9.80. The van der Waals surface area contributed by atoms with Gasteiger partial charge in [0.15, 0.2) is 0 Å². The lowest BCUT2D eigenvalue weighted by molar-refractivity contribution is 1.21. The Morgan fingerprint density at radius 1 is 1.38 bits per heavy atom. The zero-order chi connectivity index (χ0) is 9.84. The molecule has 0 fully saturated rings. The van der Waals surface area contributed by atoms with Crippen LogP contribution in [-0.2, 0) is 0 Å². The number of nitrogens with two attached hydrogens (primary N) is 1. The number of nitrogen functional groups attached to an aromatic ring is 1. The van der Waals surface area contributed by atoms with E-state index in [0.29, 0.717) is 11.5 Å². The molecule has 0 aliphatic carbocycles. The maximum Gasteiger partial charge on any atom is 0.226 e. The third-order valence-electron chi connectivity index (χ3n) is 1.42. The van der Waals surface area contributed by atoms with Crippen LogP contribution in [0.5, 0.6) is 0 Å². The number of nitrogens with one attached hydrogen (secondary N) is 1. The first-order chi connectivity index (χ1) is 6.27. The van der Waals surface area contributed by atoms with Gasteiger partial charge in [-0.3, -0.25) is 0 Å². The van der Waals surface area contributed by atoms with Crippen LogP contribution in [0, 0.1) is 0 Å². The Labute approximate surface area is 81.1 Å². The second-order valence-corrected chi connectivity index (χ2v) is 2.46. The van der Waals surface area contributed by atoms with Gasteiger partial charge in [0.05, 0.1) is 5.39 Å². The Morgan fingerprint density at radius 3 is 2.77 bits per heavy atom. The van der Waals surface area contributed by atoms with Crippen LogP contribution in [-0.4, -0.2) is 15.0 Å². The predicted molar refractivity (Wildman–Crippen MR) is 54.7 cm³/mol. The average molecular weight is 199 g/mol. The van der Waals surface area contributed by atoms with Crippen molar-refractivity contribution >= 4 is 28.5 Å². The van der Waals surface area contributed by atoms with Gasteiger partial charge >= 0.3 is 0 Å². The third kappa shape index (κ3) is 1.89. The molecule has 0 aromatic carbocycles. The molecule has 2 aromatic rings. The number of nitrogens with zero attached hydrogens (tertiary/aromatic N) is 2. The number of rotatable bonds is 0. The van der Waals surface area contributed by atoms with Crippen LogP contribution in [0.4, 0.5) is 5.82 Å². The topological polar surface area (TPSA) is 67.6 Å². The molecule has 13 heavy (non-hydrogen) atoms. The van der Waals surface area contributed by atoms with E-state index in [4.69, 9.17) is 17.3 Å². The van der Waals surface area contributed by atoms with E-state index < -0.39 is 0 Å². The third-order valence-corrected chi connectivity index (χ3v) is 1.59. The van der Waals surface area contributed by atoms with Crippen LogP contribution in [0.3, 0.4) is 0 Å². The van der Waals surface area contributed by atoms with Crippen molar-refractivity contribution in [2.45, 2.75) is 13.8 Å². The molecule has 0 spiro atoms. The van der Waals surface area contributed by atoms with Crippen molar-refractivity contribution in [3.8, 4) is 0 Å². The smallest absolute Gasteiger partial charge is 0.226 e. The van der Waals surface area contributed by atoms with Crippen molar-refractivity contribution in [1.29, 1.82) is 0 Å². The van der Waals surface area contributed by atoms with Crippen LogP contribution in [0.1, 0.15) is 13.8 Å². The summed E-state index contributed by atoms with van der Waals surface area (Å²) < 4.78 is 0. The van der Waals surface area contributed by atoms with Gasteiger partial charge in [-0.05, 0) is 17.7 Å². The van der Waals surface area contributed by atoms with Gasteiger partial charge in [-0.15, -0.1) is 0 Å². The summed E-state index contributed by atoms with van der Waals surface area (Å²) in [5.41, 5.74) is 6.21. The predicted octanol–water partition coefficient (Wildman–Crippen LogP) is 2.22. The van der Waals surface area contributed by atoms with Gasteiger partial charge in [-0.2, -0.15) is 4.98 Å². The van der Waals surface area contributed by atoms with Crippen molar-refractivity contribution in [2.75, 3.05) is 5.73 Å². The standard InChI is InChI=1S/C6H5ClN4.C2H6/c7-6-10-4(8)3-1-2-9-5(3)11-6;1-2/h1-2H,(H3,8,9,10,11);1-2H3. The molecule has 0 atom stereocenters. The van der Waals surface area contributed by atoms with Crippen molar-refractivity contribution in [3.63, 3.8) is 0 Å². The number of hydrogen-bond acceptors (Lipinski definition) is 3. The molecular formula is C8H11ClN4. The Bertz CT molecular complexity index is 396. The molecule has 3 N–H and O–H groups in total. The fraction of sp³-hybridized carbons (Fsp3) is 0.250. The summed E-state index contributed by atoms with van der Waals surface area (Å²) in [5.74, 6) is 0.404. The second-order valence-electron chi connectivity index (χ2n) is 2.12. The molecule has 0 amide bonds.